The lowest BCUT2D eigenvalue weighted by Gasteiger charge is -2.21. The summed E-state index contributed by atoms with van der Waals surface area (Å²) in [6, 6.07) is 0. The van der Waals surface area contributed by atoms with Crippen molar-refractivity contribution in [3.8, 4) is 0 Å². The molecular formula is C16H28O. The Morgan fingerprint density at radius 2 is 1.88 bits per heavy atom. The molecule has 0 aromatic heterocycles. The first-order valence-corrected chi connectivity index (χ1v) is 7.10. The highest BCUT2D eigenvalue weighted by atomic mass is 16.5. The molecule has 1 nitrogen and oxygen atoms in total. The van der Waals surface area contributed by atoms with Gasteiger partial charge < -0.3 is 4.74 Å². The molecule has 0 unspecified atom stereocenters. The standard InChI is InChI=1S/C16H28O/c1-14(2)8-7-9-15(3)12-13-17-16-10-5-4-6-11-16/h12,16H,1,4-11,13H2,2-3H3. The minimum absolute atomic E-state index is 0.531. The van der Waals surface area contributed by atoms with Crippen molar-refractivity contribution >= 4 is 0 Å². The topological polar surface area (TPSA) is 9.23 Å². The Bertz CT molecular complexity index is 246. The molecule has 0 atom stereocenters. The molecule has 17 heavy (non-hydrogen) atoms. The first-order chi connectivity index (χ1) is 8.18. The monoisotopic (exact) mass is 236 g/mol. The SMILES string of the molecule is C=C(C)CCCC(C)=CCOC1CCCCC1. The maximum Gasteiger partial charge on any atom is 0.0653 e. The molecule has 0 aromatic carbocycles. The Morgan fingerprint density at radius 3 is 2.53 bits per heavy atom. The molecule has 0 radical (unpaired) electrons. The minimum Gasteiger partial charge on any atom is -0.374 e. The lowest BCUT2D eigenvalue weighted by molar-refractivity contribution is 0.0463. The molecule has 1 heteroatoms. The van der Waals surface area contributed by atoms with Crippen LogP contribution in [0.5, 0.6) is 0 Å². The van der Waals surface area contributed by atoms with Gasteiger partial charge in [0.05, 0.1) is 12.7 Å². The molecule has 0 amide bonds. The van der Waals surface area contributed by atoms with Crippen LogP contribution in [-0.4, -0.2) is 12.7 Å². The van der Waals surface area contributed by atoms with E-state index in [0.717, 1.165) is 13.0 Å². The van der Waals surface area contributed by atoms with Gasteiger partial charge in [-0.3, -0.25) is 0 Å². The predicted molar refractivity (Wildman–Crippen MR) is 75.2 cm³/mol. The second-order valence-corrected chi connectivity index (χ2v) is 5.45. The first kappa shape index (κ1) is 14.5. The van der Waals surface area contributed by atoms with Crippen LogP contribution >= 0.6 is 0 Å². The molecule has 1 fully saturated rings. The van der Waals surface area contributed by atoms with Crippen molar-refractivity contribution in [3.05, 3.63) is 23.8 Å². The van der Waals surface area contributed by atoms with Crippen molar-refractivity contribution in [3.63, 3.8) is 0 Å². The summed E-state index contributed by atoms with van der Waals surface area (Å²) in [6.45, 7) is 9.05. The zero-order valence-electron chi connectivity index (χ0n) is 11.6. The minimum atomic E-state index is 0.531. The van der Waals surface area contributed by atoms with Gasteiger partial charge in [0.1, 0.15) is 0 Å². The van der Waals surface area contributed by atoms with Crippen LogP contribution in [-0.2, 0) is 4.74 Å². The molecule has 0 N–H and O–H groups in total. The van der Waals surface area contributed by atoms with Crippen LogP contribution in [0.15, 0.2) is 23.8 Å². The number of allylic oxidation sites excluding steroid dienone is 2. The summed E-state index contributed by atoms with van der Waals surface area (Å²) >= 11 is 0. The number of rotatable bonds is 7. The van der Waals surface area contributed by atoms with E-state index in [9.17, 15) is 0 Å². The van der Waals surface area contributed by atoms with Crippen LogP contribution < -0.4 is 0 Å². The van der Waals surface area contributed by atoms with Crippen LogP contribution in [0.25, 0.3) is 0 Å². The third kappa shape index (κ3) is 7.38. The Kier molecular flexibility index (Phi) is 7.27. The van der Waals surface area contributed by atoms with E-state index in [2.05, 4.69) is 26.5 Å². The highest BCUT2D eigenvalue weighted by molar-refractivity contribution is 4.99. The molecule has 1 aliphatic rings. The first-order valence-electron chi connectivity index (χ1n) is 7.10. The van der Waals surface area contributed by atoms with Gasteiger partial charge in [-0.2, -0.15) is 0 Å². The molecule has 1 rings (SSSR count). The van der Waals surface area contributed by atoms with Gasteiger partial charge in [-0.25, -0.2) is 0 Å². The van der Waals surface area contributed by atoms with Crippen LogP contribution in [0, 0.1) is 0 Å². The molecule has 0 heterocycles. The fourth-order valence-corrected chi connectivity index (χ4v) is 2.33. The van der Waals surface area contributed by atoms with Gasteiger partial charge in [0.2, 0.25) is 0 Å². The van der Waals surface area contributed by atoms with E-state index in [1.165, 1.54) is 56.1 Å². The highest BCUT2D eigenvalue weighted by Gasteiger charge is 2.12. The van der Waals surface area contributed by atoms with Crippen LogP contribution in [0.3, 0.4) is 0 Å². The summed E-state index contributed by atoms with van der Waals surface area (Å²) in [7, 11) is 0. The molecule has 0 aromatic rings. The van der Waals surface area contributed by atoms with Crippen molar-refractivity contribution in [1.82, 2.24) is 0 Å². The summed E-state index contributed by atoms with van der Waals surface area (Å²) in [4.78, 5) is 0. The molecule has 1 aliphatic carbocycles. The van der Waals surface area contributed by atoms with E-state index in [4.69, 9.17) is 4.74 Å². The number of ether oxygens (including phenoxy) is 1. The molecule has 98 valence electrons. The van der Waals surface area contributed by atoms with Crippen molar-refractivity contribution in [2.24, 2.45) is 0 Å². The van der Waals surface area contributed by atoms with Crippen molar-refractivity contribution < 1.29 is 4.74 Å². The van der Waals surface area contributed by atoms with Crippen LogP contribution in [0.1, 0.15) is 65.2 Å². The summed E-state index contributed by atoms with van der Waals surface area (Å²) < 4.78 is 5.89. The Morgan fingerprint density at radius 1 is 1.18 bits per heavy atom. The van der Waals surface area contributed by atoms with E-state index in [1.54, 1.807) is 0 Å². The second kappa shape index (κ2) is 8.52. The van der Waals surface area contributed by atoms with Crippen LogP contribution in [0.4, 0.5) is 0 Å². The molecule has 0 spiro atoms. The lowest BCUT2D eigenvalue weighted by atomic mass is 9.98. The molecule has 1 saturated carbocycles. The smallest absolute Gasteiger partial charge is 0.0653 e. The zero-order chi connectivity index (χ0) is 12.5. The zero-order valence-corrected chi connectivity index (χ0v) is 11.6. The van der Waals surface area contributed by atoms with Crippen molar-refractivity contribution in [2.45, 2.75) is 71.3 Å². The van der Waals surface area contributed by atoms with Gasteiger partial charge in [-0.05, 0) is 46.0 Å². The Hall–Kier alpha value is -0.560. The second-order valence-electron chi connectivity index (χ2n) is 5.45. The largest absolute Gasteiger partial charge is 0.374 e. The average molecular weight is 236 g/mol. The normalized spacial score (nSPS) is 18.4. The van der Waals surface area contributed by atoms with Gasteiger partial charge in [-0.1, -0.05) is 36.5 Å². The van der Waals surface area contributed by atoms with Crippen molar-refractivity contribution in [2.75, 3.05) is 6.61 Å². The quantitative estimate of drug-likeness (QED) is 0.563. The molecule has 0 saturated heterocycles. The van der Waals surface area contributed by atoms with E-state index in [1.807, 2.05) is 0 Å². The lowest BCUT2D eigenvalue weighted by Crippen LogP contribution is -2.16. The highest BCUT2D eigenvalue weighted by Crippen LogP contribution is 2.20. The fourth-order valence-electron chi connectivity index (χ4n) is 2.33. The summed E-state index contributed by atoms with van der Waals surface area (Å²) in [5.74, 6) is 0. The van der Waals surface area contributed by atoms with Gasteiger partial charge in [0, 0.05) is 0 Å². The van der Waals surface area contributed by atoms with Gasteiger partial charge in [0.15, 0.2) is 0 Å². The average Bonchev–Trinajstić information content (AvgIpc) is 2.30. The van der Waals surface area contributed by atoms with E-state index in [0.29, 0.717) is 6.10 Å². The summed E-state index contributed by atoms with van der Waals surface area (Å²) in [5, 5.41) is 0. The van der Waals surface area contributed by atoms with E-state index >= 15 is 0 Å². The van der Waals surface area contributed by atoms with Gasteiger partial charge >= 0.3 is 0 Å². The van der Waals surface area contributed by atoms with E-state index in [-0.39, 0.29) is 0 Å². The maximum atomic E-state index is 5.89. The number of hydrogen-bond donors (Lipinski definition) is 0. The maximum absolute atomic E-state index is 5.89. The number of hydrogen-bond acceptors (Lipinski definition) is 1. The molecule has 0 aliphatic heterocycles. The van der Waals surface area contributed by atoms with Crippen LogP contribution in [0.2, 0.25) is 0 Å². The van der Waals surface area contributed by atoms with Gasteiger partial charge in [-0.15, -0.1) is 6.58 Å². The van der Waals surface area contributed by atoms with E-state index < -0.39 is 0 Å². The summed E-state index contributed by atoms with van der Waals surface area (Å²) in [5.41, 5.74) is 2.75. The molecule has 0 bridgehead atoms. The Labute approximate surface area is 107 Å². The van der Waals surface area contributed by atoms with Gasteiger partial charge in [0.25, 0.3) is 0 Å². The third-order valence-corrected chi connectivity index (χ3v) is 3.49. The fraction of sp³-hybridized carbons (Fsp3) is 0.750. The summed E-state index contributed by atoms with van der Waals surface area (Å²) in [6.07, 6.45) is 13.0. The molecular weight excluding hydrogens is 208 g/mol. The van der Waals surface area contributed by atoms with Crippen molar-refractivity contribution in [1.29, 1.82) is 0 Å². The Balaban J connectivity index is 2.07. The third-order valence-electron chi connectivity index (χ3n) is 3.49. The predicted octanol–water partition coefficient (Wildman–Crippen LogP) is 5.03.